The van der Waals surface area contributed by atoms with Gasteiger partial charge in [-0.25, -0.2) is 4.57 Å². The molecule has 320 valence electrons. The van der Waals surface area contributed by atoms with Crippen LogP contribution in [0.15, 0.2) is 24.3 Å². The van der Waals surface area contributed by atoms with E-state index in [4.69, 9.17) is 24.3 Å². The van der Waals surface area contributed by atoms with Gasteiger partial charge in [0.1, 0.15) is 6.10 Å². The molecular weight excluding hydrogens is 697 g/mol. The number of hydrogen-bond acceptors (Lipinski definition) is 7. The fourth-order valence-corrected chi connectivity index (χ4v) is 7.26. The van der Waals surface area contributed by atoms with E-state index in [0.29, 0.717) is 13.0 Å². The van der Waals surface area contributed by atoms with E-state index in [0.717, 1.165) is 38.5 Å². The highest BCUT2D eigenvalue weighted by Crippen LogP contribution is 2.43. The SMILES string of the molecule is CCCCCCC/C=C\C/C=C\CCCCCCCCCCCCCCCC(=O)OC(COCCCCCCCCCCCC)COP(=O)(O)OCCN. The van der Waals surface area contributed by atoms with Gasteiger partial charge in [0.2, 0.25) is 0 Å². The number of allylic oxidation sites excluding steroid dienone is 4. The molecule has 0 bridgehead atoms. The average Bonchev–Trinajstić information content (AvgIpc) is 3.16. The number of hydrogen-bond donors (Lipinski definition) is 2. The standard InChI is InChI=1S/C45H88NO7P/c1-3-5-7-9-11-13-15-16-17-18-19-20-21-22-23-24-25-26-27-28-29-30-32-34-36-38-45(47)53-44(43-52-54(48,49)51-41-39-46)42-50-40-37-35-33-31-14-12-10-8-6-4-2/h15-16,18-19,44H,3-14,17,20-43,46H2,1-2H3,(H,48,49)/b16-15-,19-18-. The Balaban J connectivity index is 3.87. The molecule has 0 aromatic carbocycles. The summed E-state index contributed by atoms with van der Waals surface area (Å²) in [5.74, 6) is -0.329. The number of carbonyl (C=O) groups is 1. The van der Waals surface area contributed by atoms with E-state index in [2.05, 4.69) is 38.2 Å². The van der Waals surface area contributed by atoms with Crippen molar-refractivity contribution in [2.24, 2.45) is 5.73 Å². The molecule has 0 amide bonds. The first kappa shape index (κ1) is 53.0. The molecule has 0 rings (SSSR count). The summed E-state index contributed by atoms with van der Waals surface area (Å²) in [6, 6.07) is 0. The van der Waals surface area contributed by atoms with Crippen molar-refractivity contribution in [3.8, 4) is 0 Å². The first-order valence-corrected chi connectivity index (χ1v) is 24.3. The zero-order chi connectivity index (χ0) is 39.5. The lowest BCUT2D eigenvalue weighted by molar-refractivity contribution is -0.154. The van der Waals surface area contributed by atoms with Crippen molar-refractivity contribution >= 4 is 13.8 Å². The van der Waals surface area contributed by atoms with Crippen LogP contribution in [-0.2, 0) is 27.9 Å². The molecule has 0 aromatic heterocycles. The van der Waals surface area contributed by atoms with Crippen molar-refractivity contribution in [2.45, 2.75) is 225 Å². The molecule has 0 aliphatic rings. The third-order valence-corrected chi connectivity index (χ3v) is 10.9. The van der Waals surface area contributed by atoms with Gasteiger partial charge in [-0.1, -0.05) is 192 Å². The Morgan fingerprint density at radius 2 is 0.981 bits per heavy atom. The van der Waals surface area contributed by atoms with Gasteiger partial charge in [0.25, 0.3) is 0 Å². The van der Waals surface area contributed by atoms with E-state index >= 15 is 0 Å². The van der Waals surface area contributed by atoms with Crippen molar-refractivity contribution in [3.63, 3.8) is 0 Å². The molecule has 0 saturated heterocycles. The summed E-state index contributed by atoms with van der Waals surface area (Å²) in [6.07, 6.45) is 47.8. The summed E-state index contributed by atoms with van der Waals surface area (Å²) in [4.78, 5) is 22.5. The molecule has 0 fully saturated rings. The maximum absolute atomic E-state index is 12.6. The van der Waals surface area contributed by atoms with Crippen LogP contribution in [0.25, 0.3) is 0 Å². The summed E-state index contributed by atoms with van der Waals surface area (Å²) in [5, 5.41) is 0. The Hall–Kier alpha value is -1.02. The van der Waals surface area contributed by atoms with E-state index in [1.807, 2.05) is 0 Å². The van der Waals surface area contributed by atoms with Gasteiger partial charge in [0, 0.05) is 19.6 Å². The number of unbranched alkanes of at least 4 members (excludes halogenated alkanes) is 27. The van der Waals surface area contributed by atoms with Crippen molar-refractivity contribution in [3.05, 3.63) is 24.3 Å². The number of nitrogens with two attached hydrogens (primary N) is 1. The molecule has 0 heterocycles. The lowest BCUT2D eigenvalue weighted by Crippen LogP contribution is -2.28. The Labute approximate surface area is 334 Å². The zero-order valence-electron chi connectivity index (χ0n) is 35.5. The summed E-state index contributed by atoms with van der Waals surface area (Å²) in [7, 11) is -4.27. The van der Waals surface area contributed by atoms with Gasteiger partial charge in [-0.3, -0.25) is 13.8 Å². The van der Waals surface area contributed by atoms with E-state index in [9.17, 15) is 14.3 Å². The lowest BCUT2D eigenvalue weighted by atomic mass is 10.0. The van der Waals surface area contributed by atoms with Crippen LogP contribution in [0.2, 0.25) is 0 Å². The highest BCUT2D eigenvalue weighted by molar-refractivity contribution is 7.47. The highest BCUT2D eigenvalue weighted by Gasteiger charge is 2.25. The van der Waals surface area contributed by atoms with Gasteiger partial charge < -0.3 is 20.1 Å². The number of phosphoric acid groups is 1. The maximum atomic E-state index is 12.6. The molecule has 0 radical (unpaired) electrons. The predicted molar refractivity (Wildman–Crippen MR) is 229 cm³/mol. The molecule has 2 unspecified atom stereocenters. The van der Waals surface area contributed by atoms with Crippen molar-refractivity contribution < 1.29 is 32.8 Å². The molecule has 8 nitrogen and oxygen atoms in total. The van der Waals surface area contributed by atoms with Gasteiger partial charge in [-0.2, -0.15) is 0 Å². The van der Waals surface area contributed by atoms with Crippen LogP contribution in [0.1, 0.15) is 219 Å². The summed E-state index contributed by atoms with van der Waals surface area (Å²) >= 11 is 0. The van der Waals surface area contributed by atoms with Crippen LogP contribution in [-0.4, -0.2) is 49.9 Å². The second-order valence-electron chi connectivity index (χ2n) is 15.3. The largest absolute Gasteiger partial charge is 0.472 e. The van der Waals surface area contributed by atoms with Gasteiger partial charge in [0.05, 0.1) is 19.8 Å². The van der Waals surface area contributed by atoms with E-state index in [-0.39, 0.29) is 32.3 Å². The summed E-state index contributed by atoms with van der Waals surface area (Å²) < 4.78 is 33.4. The average molecular weight is 786 g/mol. The normalized spacial score (nSPS) is 13.6. The molecule has 0 aromatic rings. The Bertz CT molecular complexity index is 884. The molecule has 0 saturated carbocycles. The third kappa shape index (κ3) is 42.1. The summed E-state index contributed by atoms with van der Waals surface area (Å²) in [6.45, 7) is 4.93. The maximum Gasteiger partial charge on any atom is 0.472 e. The Morgan fingerprint density at radius 1 is 0.556 bits per heavy atom. The van der Waals surface area contributed by atoms with Crippen molar-refractivity contribution in [1.29, 1.82) is 0 Å². The van der Waals surface area contributed by atoms with Crippen LogP contribution in [0.5, 0.6) is 0 Å². The summed E-state index contributed by atoms with van der Waals surface area (Å²) in [5.41, 5.74) is 5.36. The topological polar surface area (TPSA) is 117 Å². The van der Waals surface area contributed by atoms with Gasteiger partial charge in [0.15, 0.2) is 0 Å². The van der Waals surface area contributed by atoms with Crippen LogP contribution in [0, 0.1) is 0 Å². The second-order valence-corrected chi connectivity index (χ2v) is 16.7. The molecule has 2 atom stereocenters. The number of phosphoric ester groups is 1. The van der Waals surface area contributed by atoms with Crippen molar-refractivity contribution in [2.75, 3.05) is 33.0 Å². The fraction of sp³-hybridized carbons (Fsp3) is 0.889. The number of carbonyl (C=O) groups excluding carboxylic acids is 1. The van der Waals surface area contributed by atoms with E-state index in [1.54, 1.807) is 0 Å². The second kappa shape index (κ2) is 43.1. The molecule has 0 aliphatic heterocycles. The predicted octanol–water partition coefficient (Wildman–Crippen LogP) is 13.6. The quantitative estimate of drug-likeness (QED) is 0.0271. The molecular formula is C45H88NO7P. The third-order valence-electron chi connectivity index (χ3n) is 9.87. The minimum Gasteiger partial charge on any atom is -0.457 e. The van der Waals surface area contributed by atoms with Crippen LogP contribution in [0.3, 0.4) is 0 Å². The van der Waals surface area contributed by atoms with Crippen LogP contribution < -0.4 is 5.73 Å². The highest BCUT2D eigenvalue weighted by atomic mass is 31.2. The first-order chi connectivity index (χ1) is 26.4. The van der Waals surface area contributed by atoms with Gasteiger partial charge in [-0.05, 0) is 44.9 Å². The molecule has 0 aliphatic carbocycles. The minimum atomic E-state index is -4.27. The van der Waals surface area contributed by atoms with Gasteiger partial charge in [-0.15, -0.1) is 0 Å². The van der Waals surface area contributed by atoms with Crippen LogP contribution >= 0.6 is 7.82 Å². The Kier molecular flexibility index (Phi) is 42.3. The minimum absolute atomic E-state index is 0.0932. The van der Waals surface area contributed by atoms with E-state index in [1.165, 1.54) is 161 Å². The van der Waals surface area contributed by atoms with Gasteiger partial charge >= 0.3 is 13.8 Å². The molecule has 54 heavy (non-hydrogen) atoms. The molecule has 0 spiro atoms. The lowest BCUT2D eigenvalue weighted by Gasteiger charge is -2.20. The zero-order valence-corrected chi connectivity index (χ0v) is 36.4. The number of ether oxygens (including phenoxy) is 2. The van der Waals surface area contributed by atoms with E-state index < -0.39 is 13.9 Å². The Morgan fingerprint density at radius 3 is 1.44 bits per heavy atom. The fourth-order valence-electron chi connectivity index (χ4n) is 6.50. The first-order valence-electron chi connectivity index (χ1n) is 22.8. The van der Waals surface area contributed by atoms with Crippen molar-refractivity contribution in [1.82, 2.24) is 0 Å². The smallest absolute Gasteiger partial charge is 0.457 e. The molecule has 9 heteroatoms. The molecule has 3 N–H and O–H groups in total. The van der Waals surface area contributed by atoms with Crippen LogP contribution in [0.4, 0.5) is 0 Å². The number of rotatable bonds is 44. The number of esters is 1. The monoisotopic (exact) mass is 786 g/mol.